The van der Waals surface area contributed by atoms with Gasteiger partial charge in [0.15, 0.2) is 0 Å². The predicted octanol–water partition coefficient (Wildman–Crippen LogP) is 0.290. The highest BCUT2D eigenvalue weighted by atomic mass is 16.2. The zero-order valence-corrected chi connectivity index (χ0v) is 14.6. The maximum absolute atomic E-state index is 12.3. The Morgan fingerprint density at radius 1 is 1.00 bits per heavy atom. The number of hydrogen-bond donors (Lipinski definition) is 4. The van der Waals surface area contributed by atoms with E-state index in [1.165, 1.54) is 6.20 Å². The molecule has 26 heavy (non-hydrogen) atoms. The molecule has 8 nitrogen and oxygen atoms in total. The lowest BCUT2D eigenvalue weighted by Crippen LogP contribution is -2.39. The molecule has 0 saturated heterocycles. The molecule has 3 amide bonds. The number of amides is 3. The molecule has 8 heteroatoms. The summed E-state index contributed by atoms with van der Waals surface area (Å²) >= 11 is 0. The SMILES string of the molecule is CCCNC(=O)CCNC(=O)CNC(=O)c1c[nH]c2ccccc2c1=O. The van der Waals surface area contributed by atoms with Crippen molar-refractivity contribution in [3.05, 3.63) is 46.2 Å². The fraction of sp³-hybridized carbons (Fsp3) is 0.333. The summed E-state index contributed by atoms with van der Waals surface area (Å²) in [4.78, 5) is 50.5. The molecular formula is C18H22N4O4. The molecule has 0 aliphatic carbocycles. The monoisotopic (exact) mass is 358 g/mol. The van der Waals surface area contributed by atoms with E-state index in [0.717, 1.165) is 6.42 Å². The number of benzene rings is 1. The number of carbonyl (C=O) groups excluding carboxylic acids is 3. The van der Waals surface area contributed by atoms with Crippen LogP contribution in [-0.2, 0) is 9.59 Å². The van der Waals surface area contributed by atoms with Crippen LogP contribution in [0.1, 0.15) is 30.1 Å². The molecule has 1 heterocycles. The fourth-order valence-corrected chi connectivity index (χ4v) is 2.32. The van der Waals surface area contributed by atoms with Crippen LogP contribution in [0.15, 0.2) is 35.3 Å². The third-order valence-electron chi connectivity index (χ3n) is 3.69. The number of aromatic nitrogens is 1. The quantitative estimate of drug-likeness (QED) is 0.542. The van der Waals surface area contributed by atoms with Crippen LogP contribution >= 0.6 is 0 Å². The third-order valence-corrected chi connectivity index (χ3v) is 3.69. The van der Waals surface area contributed by atoms with E-state index in [1.807, 2.05) is 6.92 Å². The molecule has 0 aliphatic rings. The van der Waals surface area contributed by atoms with Gasteiger partial charge >= 0.3 is 0 Å². The Hall–Kier alpha value is -3.16. The molecule has 0 aliphatic heterocycles. The van der Waals surface area contributed by atoms with E-state index < -0.39 is 17.2 Å². The number of H-pyrrole nitrogens is 1. The van der Waals surface area contributed by atoms with Crippen LogP contribution in [0.25, 0.3) is 10.9 Å². The highest BCUT2D eigenvalue weighted by molar-refractivity contribution is 5.98. The van der Waals surface area contributed by atoms with Gasteiger partial charge in [-0.1, -0.05) is 19.1 Å². The number of para-hydroxylation sites is 1. The van der Waals surface area contributed by atoms with E-state index in [9.17, 15) is 19.2 Å². The maximum Gasteiger partial charge on any atom is 0.257 e. The number of nitrogens with one attached hydrogen (secondary N) is 4. The first kappa shape index (κ1) is 19.2. The minimum absolute atomic E-state index is 0.0598. The molecule has 1 aromatic heterocycles. The lowest BCUT2D eigenvalue weighted by molar-refractivity contribution is -0.121. The first-order chi connectivity index (χ1) is 12.5. The van der Waals surface area contributed by atoms with E-state index >= 15 is 0 Å². The van der Waals surface area contributed by atoms with Gasteiger partial charge in [0.1, 0.15) is 5.56 Å². The summed E-state index contributed by atoms with van der Waals surface area (Å²) in [6.45, 7) is 2.46. The first-order valence-electron chi connectivity index (χ1n) is 8.45. The molecular weight excluding hydrogens is 336 g/mol. The average Bonchev–Trinajstić information content (AvgIpc) is 2.65. The molecule has 0 bridgehead atoms. The van der Waals surface area contributed by atoms with Crippen LogP contribution in [0.3, 0.4) is 0 Å². The van der Waals surface area contributed by atoms with Crippen LogP contribution < -0.4 is 21.4 Å². The Labute approximate surface area is 150 Å². The van der Waals surface area contributed by atoms with E-state index in [0.29, 0.717) is 17.4 Å². The van der Waals surface area contributed by atoms with Crippen molar-refractivity contribution in [1.82, 2.24) is 20.9 Å². The van der Waals surface area contributed by atoms with Crippen molar-refractivity contribution in [1.29, 1.82) is 0 Å². The van der Waals surface area contributed by atoms with Gasteiger partial charge in [-0.2, -0.15) is 0 Å². The van der Waals surface area contributed by atoms with Crippen molar-refractivity contribution in [2.45, 2.75) is 19.8 Å². The molecule has 0 spiro atoms. The standard InChI is InChI=1S/C18H22N4O4/c1-2-8-19-15(23)7-9-20-16(24)11-22-18(26)13-10-21-14-6-4-3-5-12(14)17(13)25/h3-6,10H,2,7-9,11H2,1H3,(H,19,23)(H,20,24)(H,21,25)(H,22,26). The number of fused-ring (bicyclic) bond motifs is 1. The summed E-state index contributed by atoms with van der Waals surface area (Å²) in [5.41, 5.74) is 0.174. The van der Waals surface area contributed by atoms with E-state index in [4.69, 9.17) is 0 Å². The first-order valence-corrected chi connectivity index (χ1v) is 8.45. The second kappa shape index (κ2) is 9.36. The average molecular weight is 358 g/mol. The molecule has 0 saturated carbocycles. The minimum Gasteiger partial charge on any atom is -0.360 e. The van der Waals surface area contributed by atoms with Gasteiger partial charge in [-0.05, 0) is 18.6 Å². The molecule has 2 rings (SSSR count). The van der Waals surface area contributed by atoms with Crippen molar-refractivity contribution in [2.24, 2.45) is 0 Å². The van der Waals surface area contributed by atoms with Crippen molar-refractivity contribution in [3.8, 4) is 0 Å². The molecule has 0 unspecified atom stereocenters. The van der Waals surface area contributed by atoms with E-state index in [2.05, 4.69) is 20.9 Å². The smallest absolute Gasteiger partial charge is 0.257 e. The molecule has 1 aromatic carbocycles. The normalized spacial score (nSPS) is 10.3. The predicted molar refractivity (Wildman–Crippen MR) is 97.8 cm³/mol. The van der Waals surface area contributed by atoms with Gasteiger partial charge in [-0.25, -0.2) is 0 Å². The van der Waals surface area contributed by atoms with Crippen molar-refractivity contribution < 1.29 is 14.4 Å². The van der Waals surface area contributed by atoms with Gasteiger partial charge in [0.05, 0.1) is 6.54 Å². The zero-order chi connectivity index (χ0) is 18.9. The Morgan fingerprint density at radius 3 is 2.50 bits per heavy atom. The summed E-state index contributed by atoms with van der Waals surface area (Å²) in [6.07, 6.45) is 2.35. The number of hydrogen-bond acceptors (Lipinski definition) is 4. The van der Waals surface area contributed by atoms with Gasteiger partial charge in [0.25, 0.3) is 5.91 Å². The molecule has 4 N–H and O–H groups in total. The van der Waals surface area contributed by atoms with Crippen LogP contribution in [-0.4, -0.2) is 42.3 Å². The molecule has 0 fully saturated rings. The van der Waals surface area contributed by atoms with Gasteiger partial charge in [-0.15, -0.1) is 0 Å². The van der Waals surface area contributed by atoms with Crippen LogP contribution in [0, 0.1) is 0 Å². The molecule has 0 atom stereocenters. The highest BCUT2D eigenvalue weighted by Gasteiger charge is 2.13. The summed E-state index contributed by atoms with van der Waals surface area (Å²) in [6, 6.07) is 6.86. The number of carbonyl (C=O) groups is 3. The van der Waals surface area contributed by atoms with Crippen LogP contribution in [0.5, 0.6) is 0 Å². The second-order valence-corrected chi connectivity index (χ2v) is 5.71. The van der Waals surface area contributed by atoms with E-state index in [1.54, 1.807) is 24.3 Å². The molecule has 2 aromatic rings. The van der Waals surface area contributed by atoms with E-state index in [-0.39, 0.29) is 31.0 Å². The summed E-state index contributed by atoms with van der Waals surface area (Å²) in [5, 5.41) is 8.05. The van der Waals surface area contributed by atoms with Gasteiger partial charge in [0.2, 0.25) is 17.2 Å². The number of rotatable bonds is 8. The third kappa shape index (κ3) is 5.17. The van der Waals surface area contributed by atoms with Crippen LogP contribution in [0.4, 0.5) is 0 Å². The Kier molecular flexibility index (Phi) is 6.90. The number of aromatic amines is 1. The van der Waals surface area contributed by atoms with Gasteiger partial charge < -0.3 is 20.9 Å². The Bertz CT molecular complexity index is 860. The van der Waals surface area contributed by atoms with Crippen molar-refractivity contribution in [3.63, 3.8) is 0 Å². The minimum atomic E-state index is -0.632. The topological polar surface area (TPSA) is 120 Å². The van der Waals surface area contributed by atoms with Crippen LogP contribution in [0.2, 0.25) is 0 Å². The van der Waals surface area contributed by atoms with Crippen molar-refractivity contribution >= 4 is 28.6 Å². The number of pyridine rings is 1. The fourth-order valence-electron chi connectivity index (χ4n) is 2.32. The molecule has 138 valence electrons. The molecule has 0 radical (unpaired) electrons. The summed E-state index contributed by atoms with van der Waals surface area (Å²) in [5.74, 6) is -1.20. The second-order valence-electron chi connectivity index (χ2n) is 5.71. The lowest BCUT2D eigenvalue weighted by atomic mass is 10.1. The lowest BCUT2D eigenvalue weighted by Gasteiger charge is -2.08. The Balaban J connectivity index is 1.83. The van der Waals surface area contributed by atoms with Gasteiger partial charge in [-0.3, -0.25) is 19.2 Å². The largest absolute Gasteiger partial charge is 0.360 e. The summed E-state index contributed by atoms with van der Waals surface area (Å²) in [7, 11) is 0. The summed E-state index contributed by atoms with van der Waals surface area (Å²) < 4.78 is 0. The van der Waals surface area contributed by atoms with Crippen molar-refractivity contribution in [2.75, 3.05) is 19.6 Å². The zero-order valence-electron chi connectivity index (χ0n) is 14.6. The van der Waals surface area contributed by atoms with Gasteiger partial charge in [0, 0.05) is 36.6 Å². The maximum atomic E-state index is 12.3. The Morgan fingerprint density at radius 2 is 1.73 bits per heavy atom. The highest BCUT2D eigenvalue weighted by Crippen LogP contribution is 2.06.